The monoisotopic (exact) mass is 311 g/mol. The van der Waals surface area contributed by atoms with Gasteiger partial charge in [-0.2, -0.15) is 0 Å². The summed E-state index contributed by atoms with van der Waals surface area (Å²) in [5.74, 6) is 0.0554. The fourth-order valence-electron chi connectivity index (χ4n) is 2.06. The molecular weight excluding hydrogens is 281 g/mol. The van der Waals surface area contributed by atoms with Crippen molar-refractivity contribution in [2.24, 2.45) is 0 Å². The van der Waals surface area contributed by atoms with Gasteiger partial charge in [-0.3, -0.25) is 0 Å². The van der Waals surface area contributed by atoms with Gasteiger partial charge in [-0.15, -0.1) is 0 Å². The van der Waals surface area contributed by atoms with Crippen molar-refractivity contribution in [3.8, 4) is 5.75 Å². The fourth-order valence-corrected chi connectivity index (χ4v) is 2.06. The molecule has 0 fully saturated rings. The van der Waals surface area contributed by atoms with Gasteiger partial charge in [-0.1, -0.05) is 13.0 Å². The number of benzene rings is 1. The molecule has 0 aliphatic heterocycles. The molecule has 1 rings (SSSR count). The molecule has 126 valence electrons. The van der Waals surface area contributed by atoms with Gasteiger partial charge in [0, 0.05) is 13.2 Å². The van der Waals surface area contributed by atoms with E-state index >= 15 is 0 Å². The van der Waals surface area contributed by atoms with E-state index in [2.05, 4.69) is 18.9 Å². The molecule has 0 amide bonds. The van der Waals surface area contributed by atoms with Gasteiger partial charge < -0.3 is 14.4 Å². The molecule has 0 bridgehead atoms. The van der Waals surface area contributed by atoms with Gasteiger partial charge in [0.15, 0.2) is 11.6 Å². The minimum absolute atomic E-state index is 0.284. The van der Waals surface area contributed by atoms with Crippen LogP contribution in [0.3, 0.4) is 0 Å². The molecule has 3 nitrogen and oxygen atoms in total. The van der Waals surface area contributed by atoms with E-state index in [4.69, 9.17) is 9.47 Å². The highest BCUT2D eigenvalue weighted by atomic mass is 19.1. The third-order valence-corrected chi connectivity index (χ3v) is 3.65. The van der Waals surface area contributed by atoms with E-state index in [0.29, 0.717) is 12.4 Å². The third kappa shape index (κ3) is 8.35. The Kier molecular flexibility index (Phi) is 9.84. The predicted octanol–water partition coefficient (Wildman–Crippen LogP) is 4.04. The number of halogens is 1. The summed E-state index contributed by atoms with van der Waals surface area (Å²) >= 11 is 0. The van der Waals surface area contributed by atoms with Gasteiger partial charge in [0.25, 0.3) is 0 Å². The number of hydrogen-bond donors (Lipinski definition) is 0. The topological polar surface area (TPSA) is 21.7 Å². The molecule has 1 aromatic carbocycles. The lowest BCUT2D eigenvalue weighted by Crippen LogP contribution is -2.19. The molecule has 0 unspecified atom stereocenters. The highest BCUT2D eigenvalue weighted by Gasteiger charge is 2.02. The van der Waals surface area contributed by atoms with Crippen LogP contribution < -0.4 is 4.74 Å². The van der Waals surface area contributed by atoms with Gasteiger partial charge in [-0.05, 0) is 70.4 Å². The Bertz CT molecular complexity index is 412. The molecule has 1 aromatic rings. The van der Waals surface area contributed by atoms with E-state index in [1.807, 2.05) is 13.0 Å². The Labute approximate surface area is 134 Å². The number of rotatable bonds is 12. The molecule has 0 atom stereocenters. The molecule has 0 radical (unpaired) electrons. The van der Waals surface area contributed by atoms with Gasteiger partial charge in [0.2, 0.25) is 0 Å². The second kappa shape index (κ2) is 11.4. The molecule has 0 aromatic heterocycles. The molecule has 0 saturated carbocycles. The van der Waals surface area contributed by atoms with Crippen LogP contribution in [-0.2, 0) is 4.74 Å². The first-order valence-corrected chi connectivity index (χ1v) is 8.28. The molecule has 0 spiro atoms. The van der Waals surface area contributed by atoms with E-state index in [1.54, 1.807) is 6.07 Å². The Morgan fingerprint density at radius 2 is 1.73 bits per heavy atom. The Morgan fingerprint density at radius 1 is 1.05 bits per heavy atom. The van der Waals surface area contributed by atoms with Gasteiger partial charge in [0.05, 0.1) is 6.61 Å². The molecule has 4 heteroatoms. The van der Waals surface area contributed by atoms with Crippen LogP contribution in [0.2, 0.25) is 0 Å². The maximum atomic E-state index is 13.5. The van der Waals surface area contributed by atoms with Crippen molar-refractivity contribution in [3.63, 3.8) is 0 Å². The number of unbranched alkanes of at least 4 members (excludes halogenated alkanes) is 2. The lowest BCUT2D eigenvalue weighted by atomic mass is 10.2. The quantitative estimate of drug-likeness (QED) is 0.544. The normalized spacial score (nSPS) is 11.1. The Morgan fingerprint density at radius 3 is 2.41 bits per heavy atom. The predicted molar refractivity (Wildman–Crippen MR) is 89.1 cm³/mol. The van der Waals surface area contributed by atoms with Crippen LogP contribution in [0.25, 0.3) is 0 Å². The van der Waals surface area contributed by atoms with Crippen molar-refractivity contribution < 1.29 is 13.9 Å². The SMILES string of the molecule is CCN(C)CCCCOCCCCOc1ccc(C)cc1F. The molecule has 0 aliphatic rings. The summed E-state index contributed by atoms with van der Waals surface area (Å²) in [6.07, 6.45) is 4.11. The van der Waals surface area contributed by atoms with Crippen LogP contribution in [0.15, 0.2) is 18.2 Å². The van der Waals surface area contributed by atoms with Crippen LogP contribution in [0.1, 0.15) is 38.2 Å². The van der Waals surface area contributed by atoms with Crippen molar-refractivity contribution in [1.82, 2.24) is 4.90 Å². The Balaban J connectivity index is 1.93. The molecule has 22 heavy (non-hydrogen) atoms. The number of ether oxygens (including phenoxy) is 2. The zero-order valence-corrected chi connectivity index (χ0v) is 14.2. The minimum atomic E-state index is -0.284. The van der Waals surface area contributed by atoms with Crippen molar-refractivity contribution in [1.29, 1.82) is 0 Å². The highest BCUT2D eigenvalue weighted by molar-refractivity contribution is 5.28. The summed E-state index contributed by atoms with van der Waals surface area (Å²) in [7, 11) is 2.14. The lowest BCUT2D eigenvalue weighted by Gasteiger charge is -2.13. The van der Waals surface area contributed by atoms with Crippen molar-refractivity contribution in [3.05, 3.63) is 29.6 Å². The van der Waals surface area contributed by atoms with Crippen LogP contribution >= 0.6 is 0 Å². The van der Waals surface area contributed by atoms with Crippen molar-refractivity contribution in [2.75, 3.05) is 40.0 Å². The molecule has 0 saturated heterocycles. The lowest BCUT2D eigenvalue weighted by molar-refractivity contribution is 0.120. The first kappa shape index (κ1) is 18.9. The first-order chi connectivity index (χ1) is 10.6. The van der Waals surface area contributed by atoms with E-state index in [-0.39, 0.29) is 5.82 Å². The summed E-state index contributed by atoms with van der Waals surface area (Å²) < 4.78 is 24.6. The largest absolute Gasteiger partial charge is 0.491 e. The second-order valence-corrected chi connectivity index (χ2v) is 5.70. The van der Waals surface area contributed by atoms with Crippen LogP contribution in [0.5, 0.6) is 5.75 Å². The Hall–Kier alpha value is -1.13. The van der Waals surface area contributed by atoms with Crippen molar-refractivity contribution >= 4 is 0 Å². The maximum Gasteiger partial charge on any atom is 0.165 e. The van der Waals surface area contributed by atoms with Crippen LogP contribution in [0.4, 0.5) is 4.39 Å². The molecular formula is C18H30FNO2. The third-order valence-electron chi connectivity index (χ3n) is 3.65. The van der Waals surface area contributed by atoms with Crippen LogP contribution in [-0.4, -0.2) is 44.9 Å². The van der Waals surface area contributed by atoms with E-state index < -0.39 is 0 Å². The smallest absolute Gasteiger partial charge is 0.165 e. The average Bonchev–Trinajstić information content (AvgIpc) is 2.50. The van der Waals surface area contributed by atoms with Crippen molar-refractivity contribution in [2.45, 2.75) is 39.5 Å². The first-order valence-electron chi connectivity index (χ1n) is 8.28. The van der Waals surface area contributed by atoms with Crippen LogP contribution in [0, 0.1) is 12.7 Å². The summed E-state index contributed by atoms with van der Waals surface area (Å²) in [6.45, 7) is 8.38. The highest BCUT2D eigenvalue weighted by Crippen LogP contribution is 2.18. The maximum absolute atomic E-state index is 13.5. The summed E-state index contributed by atoms with van der Waals surface area (Å²) in [6, 6.07) is 5.04. The number of nitrogens with zero attached hydrogens (tertiary/aromatic N) is 1. The average molecular weight is 311 g/mol. The molecule has 0 N–H and O–H groups in total. The fraction of sp³-hybridized carbons (Fsp3) is 0.667. The summed E-state index contributed by atoms with van der Waals surface area (Å²) in [5, 5.41) is 0. The summed E-state index contributed by atoms with van der Waals surface area (Å²) in [4.78, 5) is 2.31. The number of hydrogen-bond acceptors (Lipinski definition) is 3. The molecule has 0 aliphatic carbocycles. The van der Waals surface area contributed by atoms with Gasteiger partial charge in [-0.25, -0.2) is 4.39 Å². The standard InChI is InChI=1S/C18H30FNO2/c1-4-20(3)11-5-6-12-21-13-7-8-14-22-18-10-9-16(2)15-17(18)19/h9-10,15H,4-8,11-14H2,1-3H3. The minimum Gasteiger partial charge on any atom is -0.491 e. The zero-order chi connectivity index (χ0) is 16.2. The number of aryl methyl sites for hydroxylation is 1. The molecule has 0 heterocycles. The second-order valence-electron chi connectivity index (χ2n) is 5.70. The van der Waals surface area contributed by atoms with Gasteiger partial charge in [0.1, 0.15) is 0 Å². The van der Waals surface area contributed by atoms with Gasteiger partial charge >= 0.3 is 0 Å². The van der Waals surface area contributed by atoms with E-state index in [9.17, 15) is 4.39 Å². The van der Waals surface area contributed by atoms with E-state index in [1.165, 1.54) is 12.5 Å². The zero-order valence-electron chi connectivity index (χ0n) is 14.2. The summed E-state index contributed by atoms with van der Waals surface area (Å²) in [5.41, 5.74) is 0.906. The van der Waals surface area contributed by atoms with E-state index in [0.717, 1.165) is 51.1 Å².